The first-order valence-corrected chi connectivity index (χ1v) is 11.0. The largest absolute Gasteiger partial charge is 0.480 e. The number of carboxylic acid groups (broad SMARTS) is 1. The van der Waals surface area contributed by atoms with Crippen LogP contribution in [0.25, 0.3) is 33.3 Å². The molecule has 8 heteroatoms. The first-order valence-electron chi connectivity index (χ1n) is 11.0. The first-order chi connectivity index (χ1) is 16.5. The van der Waals surface area contributed by atoms with E-state index < -0.39 is 17.9 Å². The number of benzene rings is 2. The molecule has 1 aliphatic heterocycles. The van der Waals surface area contributed by atoms with E-state index in [1.54, 1.807) is 24.5 Å². The monoisotopic (exact) mass is 453 g/mol. The predicted molar refractivity (Wildman–Crippen MR) is 130 cm³/mol. The summed E-state index contributed by atoms with van der Waals surface area (Å²) in [6.07, 6.45) is 4.79. The molecular formula is C26H23N5O3. The van der Waals surface area contributed by atoms with Crippen LogP contribution in [0.3, 0.4) is 0 Å². The zero-order valence-corrected chi connectivity index (χ0v) is 18.3. The second-order valence-electron chi connectivity index (χ2n) is 8.24. The molecule has 4 aromatic rings. The Kier molecular flexibility index (Phi) is 5.65. The van der Waals surface area contributed by atoms with E-state index in [9.17, 15) is 14.7 Å². The molecule has 3 heterocycles. The Morgan fingerprint density at radius 1 is 1.00 bits per heavy atom. The number of carbonyl (C=O) groups excluding carboxylic acids is 1. The van der Waals surface area contributed by atoms with Gasteiger partial charge in [0.15, 0.2) is 0 Å². The smallest absolute Gasteiger partial charge is 0.326 e. The van der Waals surface area contributed by atoms with E-state index in [1.165, 1.54) is 0 Å². The van der Waals surface area contributed by atoms with Gasteiger partial charge in [-0.3, -0.25) is 15.2 Å². The summed E-state index contributed by atoms with van der Waals surface area (Å²) in [4.78, 5) is 34.5. The van der Waals surface area contributed by atoms with Crippen LogP contribution in [0.4, 0.5) is 5.69 Å². The number of carbonyl (C=O) groups is 2. The van der Waals surface area contributed by atoms with E-state index >= 15 is 0 Å². The van der Waals surface area contributed by atoms with Gasteiger partial charge in [-0.25, -0.2) is 15.6 Å². The summed E-state index contributed by atoms with van der Waals surface area (Å²) >= 11 is 0. The third-order valence-electron chi connectivity index (χ3n) is 6.24. The SMILES string of the molecule is NNC(=O)c1cc(-c2ccc(-c3ccc(N4CCC[C@@H]4C(=O)O)cc3)cc2)nc2ccncc12. The number of nitrogens with one attached hydrogen (secondary N) is 1. The fourth-order valence-electron chi connectivity index (χ4n) is 4.49. The van der Waals surface area contributed by atoms with E-state index in [2.05, 4.69) is 15.4 Å². The maximum Gasteiger partial charge on any atom is 0.326 e. The lowest BCUT2D eigenvalue weighted by molar-refractivity contribution is -0.138. The quantitative estimate of drug-likeness (QED) is 0.240. The van der Waals surface area contributed by atoms with Crippen LogP contribution in [0.15, 0.2) is 73.1 Å². The van der Waals surface area contributed by atoms with Gasteiger partial charge in [0.1, 0.15) is 6.04 Å². The van der Waals surface area contributed by atoms with Crippen molar-refractivity contribution in [1.29, 1.82) is 0 Å². The first kappa shape index (κ1) is 21.5. The van der Waals surface area contributed by atoms with E-state index in [4.69, 9.17) is 5.84 Å². The molecule has 2 aromatic carbocycles. The topological polar surface area (TPSA) is 121 Å². The molecule has 4 N–H and O–H groups in total. The lowest BCUT2D eigenvalue weighted by atomic mass is 10.0. The second kappa shape index (κ2) is 8.92. The van der Waals surface area contributed by atoms with Crippen LogP contribution < -0.4 is 16.2 Å². The number of carboxylic acids is 1. The molecule has 2 aromatic heterocycles. The maximum atomic E-state index is 12.3. The zero-order valence-electron chi connectivity index (χ0n) is 18.3. The summed E-state index contributed by atoms with van der Waals surface area (Å²) in [7, 11) is 0. The highest BCUT2D eigenvalue weighted by atomic mass is 16.4. The van der Waals surface area contributed by atoms with Crippen molar-refractivity contribution in [1.82, 2.24) is 15.4 Å². The average molecular weight is 454 g/mol. The summed E-state index contributed by atoms with van der Waals surface area (Å²) in [5, 5.41) is 10.1. The van der Waals surface area contributed by atoms with E-state index in [0.29, 0.717) is 28.6 Å². The zero-order chi connectivity index (χ0) is 23.7. The Morgan fingerprint density at radius 3 is 2.35 bits per heavy atom. The Balaban J connectivity index is 1.43. The van der Waals surface area contributed by atoms with Gasteiger partial charge in [0.05, 0.1) is 16.8 Å². The number of amides is 1. The van der Waals surface area contributed by atoms with Crippen molar-refractivity contribution >= 4 is 28.5 Å². The lowest BCUT2D eigenvalue weighted by Gasteiger charge is -2.23. The van der Waals surface area contributed by atoms with E-state index in [1.807, 2.05) is 53.4 Å². The highest BCUT2D eigenvalue weighted by Crippen LogP contribution is 2.30. The van der Waals surface area contributed by atoms with Gasteiger partial charge in [-0.05, 0) is 48.2 Å². The molecule has 1 atom stereocenters. The van der Waals surface area contributed by atoms with Gasteiger partial charge < -0.3 is 10.0 Å². The number of nitrogen functional groups attached to an aromatic ring is 1. The molecule has 1 fully saturated rings. The van der Waals surface area contributed by atoms with Gasteiger partial charge in [0.25, 0.3) is 5.91 Å². The molecule has 8 nitrogen and oxygen atoms in total. The number of hydrogen-bond donors (Lipinski definition) is 3. The van der Waals surface area contributed by atoms with E-state index in [0.717, 1.165) is 35.3 Å². The number of nitrogens with two attached hydrogens (primary N) is 1. The summed E-state index contributed by atoms with van der Waals surface area (Å²) in [5.41, 5.74) is 7.76. The molecule has 1 amide bonds. The highest BCUT2D eigenvalue weighted by Gasteiger charge is 2.30. The number of nitrogens with zero attached hydrogens (tertiary/aromatic N) is 3. The standard InChI is InChI=1S/C26H23N5O3/c27-30-25(32)20-14-23(29-22-11-12-28-15-21(20)22)18-5-3-16(4-6-18)17-7-9-19(10-8-17)31-13-1-2-24(31)26(33)34/h3-12,14-15,24H,1-2,13,27H2,(H,30,32)(H,33,34)/t24-/m1/s1. The molecule has 0 unspecified atom stereocenters. The number of aromatic nitrogens is 2. The molecule has 0 saturated carbocycles. The number of anilines is 1. The molecule has 0 bridgehead atoms. The number of hydrazine groups is 1. The molecule has 0 spiro atoms. The van der Waals surface area contributed by atoms with Crippen molar-refractivity contribution in [2.75, 3.05) is 11.4 Å². The minimum Gasteiger partial charge on any atom is -0.480 e. The highest BCUT2D eigenvalue weighted by molar-refractivity contribution is 6.06. The Labute approximate surface area is 196 Å². The van der Waals surface area contributed by atoms with Gasteiger partial charge in [0.2, 0.25) is 0 Å². The van der Waals surface area contributed by atoms with Crippen LogP contribution >= 0.6 is 0 Å². The Bertz CT molecular complexity index is 1370. The molecule has 1 saturated heterocycles. The minimum atomic E-state index is -0.775. The maximum absolute atomic E-state index is 12.3. The van der Waals surface area contributed by atoms with Crippen molar-refractivity contribution in [3.05, 3.63) is 78.6 Å². The average Bonchev–Trinajstić information content (AvgIpc) is 3.38. The van der Waals surface area contributed by atoms with Crippen molar-refractivity contribution in [2.45, 2.75) is 18.9 Å². The number of aliphatic carboxylic acids is 1. The van der Waals surface area contributed by atoms with Gasteiger partial charge in [-0.1, -0.05) is 36.4 Å². The van der Waals surface area contributed by atoms with Crippen LogP contribution in [-0.4, -0.2) is 39.5 Å². The minimum absolute atomic E-state index is 0.401. The Hall–Kier alpha value is -4.30. The molecule has 5 rings (SSSR count). The summed E-state index contributed by atoms with van der Waals surface area (Å²) in [6, 6.07) is 18.9. The van der Waals surface area contributed by atoms with Crippen LogP contribution in [0.5, 0.6) is 0 Å². The summed E-state index contributed by atoms with van der Waals surface area (Å²) in [6.45, 7) is 0.754. The molecular weight excluding hydrogens is 430 g/mol. The third kappa shape index (κ3) is 3.95. The molecule has 0 radical (unpaired) electrons. The van der Waals surface area contributed by atoms with Crippen molar-refractivity contribution < 1.29 is 14.7 Å². The van der Waals surface area contributed by atoms with Crippen LogP contribution in [0.2, 0.25) is 0 Å². The van der Waals surface area contributed by atoms with Gasteiger partial charge in [-0.15, -0.1) is 0 Å². The van der Waals surface area contributed by atoms with Crippen LogP contribution in [0.1, 0.15) is 23.2 Å². The normalized spacial score (nSPS) is 15.4. The number of rotatable bonds is 5. The predicted octanol–water partition coefficient (Wildman–Crippen LogP) is 3.62. The molecule has 1 aliphatic rings. The number of pyridine rings is 2. The fourth-order valence-corrected chi connectivity index (χ4v) is 4.49. The van der Waals surface area contributed by atoms with Crippen LogP contribution in [0, 0.1) is 0 Å². The molecule has 0 aliphatic carbocycles. The second-order valence-corrected chi connectivity index (χ2v) is 8.24. The number of fused-ring (bicyclic) bond motifs is 1. The van der Waals surface area contributed by atoms with Gasteiger partial charge >= 0.3 is 5.97 Å². The van der Waals surface area contributed by atoms with Crippen molar-refractivity contribution in [3.63, 3.8) is 0 Å². The molecule has 170 valence electrons. The van der Waals surface area contributed by atoms with Crippen molar-refractivity contribution in [3.8, 4) is 22.4 Å². The summed E-state index contributed by atoms with van der Waals surface area (Å²) < 4.78 is 0. The Morgan fingerprint density at radius 2 is 1.68 bits per heavy atom. The molecule has 34 heavy (non-hydrogen) atoms. The lowest BCUT2D eigenvalue weighted by Crippen LogP contribution is -2.35. The van der Waals surface area contributed by atoms with Gasteiger partial charge in [0, 0.05) is 35.6 Å². The summed E-state index contributed by atoms with van der Waals surface area (Å²) in [5.74, 6) is 4.19. The van der Waals surface area contributed by atoms with Crippen LogP contribution in [-0.2, 0) is 4.79 Å². The van der Waals surface area contributed by atoms with E-state index in [-0.39, 0.29) is 0 Å². The van der Waals surface area contributed by atoms with Crippen molar-refractivity contribution in [2.24, 2.45) is 5.84 Å². The van der Waals surface area contributed by atoms with Gasteiger partial charge in [-0.2, -0.15) is 0 Å². The third-order valence-corrected chi connectivity index (χ3v) is 6.24. The number of hydrogen-bond acceptors (Lipinski definition) is 6. The fraction of sp³-hybridized carbons (Fsp3) is 0.154.